The van der Waals surface area contributed by atoms with E-state index in [0.717, 1.165) is 28.5 Å². The number of nitrogens with one attached hydrogen (secondary N) is 1. The van der Waals surface area contributed by atoms with Gasteiger partial charge in [0, 0.05) is 16.6 Å². The molecule has 2 aromatic rings. The van der Waals surface area contributed by atoms with Gasteiger partial charge in [-0.3, -0.25) is 14.2 Å². The first kappa shape index (κ1) is 16.6. The number of carbonyl (C=O) groups excluding carboxylic acids is 1. The molecule has 0 fully saturated rings. The zero-order valence-electron chi connectivity index (χ0n) is 12.6. The highest BCUT2D eigenvalue weighted by Gasteiger charge is 2.21. The molecule has 5 heteroatoms. The summed E-state index contributed by atoms with van der Waals surface area (Å²) >= 11 is 0. The Labute approximate surface area is 133 Å². The van der Waals surface area contributed by atoms with E-state index in [4.69, 9.17) is 5.21 Å². The van der Waals surface area contributed by atoms with Crippen molar-refractivity contribution in [2.75, 3.05) is 0 Å². The van der Waals surface area contributed by atoms with Gasteiger partial charge in [-0.05, 0) is 29.3 Å². The molecule has 4 nitrogen and oxygen atoms in total. The van der Waals surface area contributed by atoms with Crippen LogP contribution in [0.25, 0.3) is 10.8 Å². The Morgan fingerprint density at radius 2 is 1.95 bits per heavy atom. The maximum absolute atomic E-state index is 12.8. The Morgan fingerprint density at radius 3 is 2.64 bits per heavy atom. The van der Waals surface area contributed by atoms with Crippen LogP contribution < -0.4 is 5.48 Å². The van der Waals surface area contributed by atoms with Crippen molar-refractivity contribution in [3.05, 3.63) is 42.5 Å². The van der Waals surface area contributed by atoms with Crippen LogP contribution in [0.15, 0.2) is 47.4 Å². The van der Waals surface area contributed by atoms with Gasteiger partial charge >= 0.3 is 0 Å². The van der Waals surface area contributed by atoms with E-state index < -0.39 is 16.7 Å². The number of hydroxylamine groups is 1. The summed E-state index contributed by atoms with van der Waals surface area (Å²) in [6.45, 7) is 2.06. The average Bonchev–Trinajstić information content (AvgIpc) is 2.57. The van der Waals surface area contributed by atoms with Crippen LogP contribution in [0.5, 0.6) is 0 Å². The lowest BCUT2D eigenvalue weighted by molar-refractivity contribution is -0.129. The fourth-order valence-electron chi connectivity index (χ4n) is 2.45. The minimum Gasteiger partial charge on any atom is -0.289 e. The van der Waals surface area contributed by atoms with E-state index in [1.807, 2.05) is 42.5 Å². The number of fused-ring (bicyclic) bond motifs is 1. The Bertz CT molecular complexity index is 672. The monoisotopic (exact) mass is 319 g/mol. The van der Waals surface area contributed by atoms with E-state index in [1.165, 1.54) is 0 Å². The number of amides is 1. The molecule has 2 aromatic carbocycles. The van der Waals surface area contributed by atoms with Crippen LogP contribution in [0.3, 0.4) is 0 Å². The topological polar surface area (TPSA) is 66.4 Å². The van der Waals surface area contributed by atoms with E-state index >= 15 is 0 Å². The molecular weight excluding hydrogens is 298 g/mol. The second kappa shape index (κ2) is 8.06. The number of unbranched alkanes of at least 4 members (excludes halogenated alkanes) is 1. The third-order valence-electron chi connectivity index (χ3n) is 3.67. The lowest BCUT2D eigenvalue weighted by atomic mass is 10.1. The minimum absolute atomic E-state index is 0.0654. The van der Waals surface area contributed by atoms with Gasteiger partial charge in [0.2, 0.25) is 5.91 Å². The molecule has 0 heterocycles. The summed E-state index contributed by atoms with van der Waals surface area (Å²) in [5.41, 5.74) is 1.63. The zero-order valence-corrected chi connectivity index (χ0v) is 13.4. The van der Waals surface area contributed by atoms with Gasteiger partial charge in [0.05, 0.1) is 10.8 Å². The molecule has 22 heavy (non-hydrogen) atoms. The standard InChI is InChI=1S/C17H21NO3S/c1-2-3-8-15(12-17(19)18-20)22(21)16-10-9-13-6-4-5-7-14(13)11-16/h4-7,9-11,15,20H,2-3,8,12H2,1H3,(H,18,19). The summed E-state index contributed by atoms with van der Waals surface area (Å²) in [4.78, 5) is 12.2. The quantitative estimate of drug-likeness (QED) is 0.607. The van der Waals surface area contributed by atoms with E-state index in [0.29, 0.717) is 6.42 Å². The first-order valence-corrected chi connectivity index (χ1v) is 8.69. The van der Waals surface area contributed by atoms with Gasteiger partial charge in [-0.1, -0.05) is 50.1 Å². The normalized spacial score (nSPS) is 13.7. The summed E-state index contributed by atoms with van der Waals surface area (Å²) in [5.74, 6) is -0.491. The molecule has 0 aromatic heterocycles. The molecule has 2 rings (SSSR count). The molecule has 0 saturated heterocycles. The second-order valence-electron chi connectivity index (χ2n) is 5.31. The number of hydrogen-bond donors (Lipinski definition) is 2. The lowest BCUT2D eigenvalue weighted by Crippen LogP contribution is -2.27. The number of hydrogen-bond acceptors (Lipinski definition) is 3. The fraction of sp³-hybridized carbons (Fsp3) is 0.353. The smallest absolute Gasteiger partial charge is 0.244 e. The number of carbonyl (C=O) groups is 1. The van der Waals surface area contributed by atoms with Crippen LogP contribution in [-0.4, -0.2) is 20.6 Å². The Morgan fingerprint density at radius 1 is 1.23 bits per heavy atom. The van der Waals surface area contributed by atoms with E-state index in [2.05, 4.69) is 6.92 Å². The van der Waals surface area contributed by atoms with Crippen LogP contribution >= 0.6 is 0 Å². The van der Waals surface area contributed by atoms with Crippen molar-refractivity contribution >= 4 is 27.5 Å². The van der Waals surface area contributed by atoms with Gasteiger partial charge < -0.3 is 0 Å². The molecule has 2 unspecified atom stereocenters. The Kier molecular flexibility index (Phi) is 6.10. The van der Waals surface area contributed by atoms with Crippen molar-refractivity contribution in [1.82, 2.24) is 5.48 Å². The van der Waals surface area contributed by atoms with Crippen molar-refractivity contribution in [3.8, 4) is 0 Å². The van der Waals surface area contributed by atoms with Gasteiger partial charge in [-0.25, -0.2) is 5.48 Å². The highest BCUT2D eigenvalue weighted by Crippen LogP contribution is 2.23. The van der Waals surface area contributed by atoms with Gasteiger partial charge in [-0.2, -0.15) is 0 Å². The summed E-state index contributed by atoms with van der Waals surface area (Å²) in [5, 5.41) is 10.6. The SMILES string of the molecule is CCCCC(CC(=O)NO)S(=O)c1ccc2ccccc2c1. The molecule has 0 saturated carbocycles. The summed E-state index contributed by atoms with van der Waals surface area (Å²) < 4.78 is 12.8. The van der Waals surface area contributed by atoms with Crippen LogP contribution in [0.4, 0.5) is 0 Å². The van der Waals surface area contributed by atoms with Crippen LogP contribution in [-0.2, 0) is 15.6 Å². The summed E-state index contributed by atoms with van der Waals surface area (Å²) in [6, 6.07) is 13.6. The maximum atomic E-state index is 12.8. The highest BCUT2D eigenvalue weighted by atomic mass is 32.2. The highest BCUT2D eigenvalue weighted by molar-refractivity contribution is 7.85. The van der Waals surface area contributed by atoms with Crippen LogP contribution in [0.1, 0.15) is 32.6 Å². The number of rotatable bonds is 7. The summed E-state index contributed by atoms with van der Waals surface area (Å²) in [6.07, 6.45) is 2.65. The van der Waals surface area contributed by atoms with E-state index in [-0.39, 0.29) is 11.7 Å². The first-order chi connectivity index (χ1) is 10.7. The first-order valence-electron chi connectivity index (χ1n) is 7.48. The minimum atomic E-state index is -1.27. The molecule has 118 valence electrons. The molecule has 0 aliphatic carbocycles. The molecule has 0 radical (unpaired) electrons. The third kappa shape index (κ3) is 4.15. The van der Waals surface area contributed by atoms with Crippen molar-refractivity contribution in [2.24, 2.45) is 0 Å². The van der Waals surface area contributed by atoms with Crippen molar-refractivity contribution < 1.29 is 14.2 Å². The largest absolute Gasteiger partial charge is 0.289 e. The average molecular weight is 319 g/mol. The zero-order chi connectivity index (χ0) is 15.9. The Hall–Kier alpha value is -1.72. The second-order valence-corrected chi connectivity index (χ2v) is 7.04. The van der Waals surface area contributed by atoms with Crippen molar-refractivity contribution in [1.29, 1.82) is 0 Å². The molecule has 0 bridgehead atoms. The predicted molar refractivity (Wildman–Crippen MR) is 88.2 cm³/mol. The maximum Gasteiger partial charge on any atom is 0.244 e. The molecule has 2 N–H and O–H groups in total. The third-order valence-corrected chi connectivity index (χ3v) is 5.40. The predicted octanol–water partition coefficient (Wildman–Crippen LogP) is 3.40. The lowest BCUT2D eigenvalue weighted by Gasteiger charge is -2.15. The van der Waals surface area contributed by atoms with Crippen molar-refractivity contribution in [2.45, 2.75) is 42.8 Å². The van der Waals surface area contributed by atoms with Gasteiger partial charge in [0.25, 0.3) is 0 Å². The van der Waals surface area contributed by atoms with Gasteiger partial charge in [0.1, 0.15) is 0 Å². The number of benzene rings is 2. The molecule has 0 aliphatic heterocycles. The van der Waals surface area contributed by atoms with Crippen molar-refractivity contribution in [3.63, 3.8) is 0 Å². The molecular formula is C17H21NO3S. The van der Waals surface area contributed by atoms with E-state index in [9.17, 15) is 9.00 Å². The van der Waals surface area contributed by atoms with Crippen LogP contribution in [0.2, 0.25) is 0 Å². The van der Waals surface area contributed by atoms with Gasteiger partial charge in [-0.15, -0.1) is 0 Å². The molecule has 0 spiro atoms. The Balaban J connectivity index is 2.24. The molecule has 2 atom stereocenters. The van der Waals surface area contributed by atoms with E-state index in [1.54, 1.807) is 5.48 Å². The molecule has 1 amide bonds. The summed E-state index contributed by atoms with van der Waals surface area (Å²) in [7, 11) is -1.27. The molecule has 0 aliphatic rings. The fourth-order valence-corrected chi connectivity index (χ4v) is 3.97. The van der Waals surface area contributed by atoms with Crippen LogP contribution in [0, 0.1) is 0 Å². The van der Waals surface area contributed by atoms with Gasteiger partial charge in [0.15, 0.2) is 0 Å².